The Morgan fingerprint density at radius 1 is 1.27 bits per heavy atom. The van der Waals surface area contributed by atoms with Crippen molar-refractivity contribution < 1.29 is 9.53 Å². The summed E-state index contributed by atoms with van der Waals surface area (Å²) < 4.78 is 4.97. The van der Waals surface area contributed by atoms with E-state index in [0.29, 0.717) is 13.2 Å². The molecule has 1 saturated heterocycles. The van der Waals surface area contributed by atoms with Gasteiger partial charge in [0.05, 0.1) is 12.6 Å². The van der Waals surface area contributed by atoms with Gasteiger partial charge in [-0.1, -0.05) is 12.1 Å². The van der Waals surface area contributed by atoms with Crippen molar-refractivity contribution >= 4 is 11.8 Å². The third kappa shape index (κ3) is 4.37. The van der Waals surface area contributed by atoms with Gasteiger partial charge in [-0.3, -0.25) is 4.90 Å². The molecule has 0 saturated carbocycles. The highest BCUT2D eigenvalue weighted by molar-refractivity contribution is 5.67. The first kappa shape index (κ1) is 16.6. The van der Waals surface area contributed by atoms with Gasteiger partial charge in [-0.05, 0) is 50.6 Å². The predicted octanol–water partition coefficient (Wildman–Crippen LogP) is 2.64. The summed E-state index contributed by atoms with van der Waals surface area (Å²) in [6, 6.07) is 8.78. The van der Waals surface area contributed by atoms with E-state index in [1.165, 1.54) is 24.1 Å². The van der Waals surface area contributed by atoms with E-state index in [2.05, 4.69) is 39.4 Å². The average Bonchev–Trinajstić information content (AvgIpc) is 3.02. The van der Waals surface area contributed by atoms with Gasteiger partial charge in [0.2, 0.25) is 0 Å². The van der Waals surface area contributed by atoms with Crippen LogP contribution in [0.4, 0.5) is 10.5 Å². The molecule has 1 heterocycles. The van der Waals surface area contributed by atoms with E-state index in [9.17, 15) is 4.79 Å². The summed E-state index contributed by atoms with van der Waals surface area (Å²) in [6.07, 6.45) is 2.12. The molecule has 0 unspecified atom stereocenters. The molecule has 1 atom stereocenters. The molecule has 1 aliphatic heterocycles. The highest BCUT2D eigenvalue weighted by atomic mass is 16.5. The molecule has 0 radical (unpaired) electrons. The lowest BCUT2D eigenvalue weighted by Crippen LogP contribution is -2.37. The van der Waals surface area contributed by atoms with E-state index >= 15 is 0 Å². The summed E-state index contributed by atoms with van der Waals surface area (Å²) in [5.41, 5.74) is 2.42. The largest absolute Gasteiger partial charge is 0.450 e. The molecule has 122 valence electrons. The molecule has 1 aliphatic rings. The number of anilines is 1. The number of alkyl carbamates (subject to hydrolysis) is 1. The molecule has 1 N–H and O–H groups in total. The first-order valence-electron chi connectivity index (χ1n) is 8.03. The number of nitrogens with one attached hydrogen (secondary N) is 1. The molecule has 0 aromatic heterocycles. The summed E-state index contributed by atoms with van der Waals surface area (Å²) >= 11 is 0. The Kier molecular flexibility index (Phi) is 6.07. The minimum absolute atomic E-state index is 0.211. The maximum Gasteiger partial charge on any atom is 0.407 e. The summed E-state index contributed by atoms with van der Waals surface area (Å²) in [4.78, 5) is 16.1. The number of hydrogen-bond acceptors (Lipinski definition) is 4. The monoisotopic (exact) mass is 305 g/mol. The molecular weight excluding hydrogens is 278 g/mol. The van der Waals surface area contributed by atoms with E-state index < -0.39 is 0 Å². The SMILES string of the molecule is CCOC(=O)NC[C@H](c1ccc(N(C)C)cc1)N1CCCC1. The second-order valence-corrected chi connectivity index (χ2v) is 5.85. The van der Waals surface area contributed by atoms with Gasteiger partial charge in [-0.2, -0.15) is 0 Å². The fourth-order valence-electron chi connectivity index (χ4n) is 2.87. The molecule has 5 nitrogen and oxygen atoms in total. The number of rotatable bonds is 6. The fraction of sp³-hybridized carbons (Fsp3) is 0.588. The van der Waals surface area contributed by atoms with Crippen LogP contribution in [-0.4, -0.2) is 51.3 Å². The minimum Gasteiger partial charge on any atom is -0.450 e. The van der Waals surface area contributed by atoms with Crippen LogP contribution in [0.3, 0.4) is 0 Å². The van der Waals surface area contributed by atoms with Crippen molar-refractivity contribution in [3.05, 3.63) is 29.8 Å². The maximum absolute atomic E-state index is 11.6. The van der Waals surface area contributed by atoms with Crippen LogP contribution in [0.15, 0.2) is 24.3 Å². The Labute approximate surface area is 133 Å². The van der Waals surface area contributed by atoms with E-state index in [1.54, 1.807) is 0 Å². The van der Waals surface area contributed by atoms with Gasteiger partial charge < -0.3 is 15.0 Å². The van der Waals surface area contributed by atoms with Crippen LogP contribution in [-0.2, 0) is 4.74 Å². The highest BCUT2D eigenvalue weighted by Crippen LogP contribution is 2.26. The number of carbonyl (C=O) groups excluding carboxylic acids is 1. The number of nitrogens with zero attached hydrogens (tertiary/aromatic N) is 2. The zero-order valence-corrected chi connectivity index (χ0v) is 13.8. The van der Waals surface area contributed by atoms with Crippen molar-refractivity contribution in [2.75, 3.05) is 45.2 Å². The van der Waals surface area contributed by atoms with Crippen LogP contribution in [0.1, 0.15) is 31.4 Å². The van der Waals surface area contributed by atoms with Crippen molar-refractivity contribution in [3.8, 4) is 0 Å². The van der Waals surface area contributed by atoms with Crippen LogP contribution >= 0.6 is 0 Å². The van der Waals surface area contributed by atoms with Gasteiger partial charge in [0, 0.05) is 26.3 Å². The van der Waals surface area contributed by atoms with Gasteiger partial charge in [-0.25, -0.2) is 4.79 Å². The maximum atomic E-state index is 11.6. The number of ether oxygens (including phenoxy) is 1. The Morgan fingerprint density at radius 3 is 2.45 bits per heavy atom. The number of hydrogen-bond donors (Lipinski definition) is 1. The average molecular weight is 305 g/mol. The van der Waals surface area contributed by atoms with Crippen LogP contribution in [0.5, 0.6) is 0 Å². The quantitative estimate of drug-likeness (QED) is 0.877. The van der Waals surface area contributed by atoms with Gasteiger partial charge in [0.1, 0.15) is 0 Å². The molecule has 0 spiro atoms. The third-order valence-electron chi connectivity index (χ3n) is 4.09. The molecule has 1 aromatic carbocycles. The van der Waals surface area contributed by atoms with Gasteiger partial charge in [0.15, 0.2) is 0 Å². The molecule has 0 bridgehead atoms. The molecule has 22 heavy (non-hydrogen) atoms. The van der Waals surface area contributed by atoms with E-state index in [0.717, 1.165) is 13.1 Å². The minimum atomic E-state index is -0.336. The van der Waals surface area contributed by atoms with Crippen LogP contribution in [0, 0.1) is 0 Å². The predicted molar refractivity (Wildman–Crippen MR) is 89.3 cm³/mol. The lowest BCUT2D eigenvalue weighted by Gasteiger charge is -2.28. The van der Waals surface area contributed by atoms with E-state index in [1.807, 2.05) is 21.0 Å². The topological polar surface area (TPSA) is 44.8 Å². The molecular formula is C17H27N3O2. The molecule has 1 fully saturated rings. The summed E-state index contributed by atoms with van der Waals surface area (Å²) in [6.45, 7) is 4.98. The van der Waals surface area contributed by atoms with Gasteiger partial charge >= 0.3 is 6.09 Å². The summed E-state index contributed by atoms with van der Waals surface area (Å²) in [5, 5.41) is 2.88. The van der Waals surface area contributed by atoms with Crippen molar-refractivity contribution in [3.63, 3.8) is 0 Å². The van der Waals surface area contributed by atoms with Crippen LogP contribution < -0.4 is 10.2 Å². The van der Waals surface area contributed by atoms with E-state index in [4.69, 9.17) is 4.74 Å². The zero-order chi connectivity index (χ0) is 15.9. The van der Waals surface area contributed by atoms with Crippen molar-refractivity contribution in [2.45, 2.75) is 25.8 Å². The first-order chi connectivity index (χ1) is 10.6. The Hall–Kier alpha value is -1.75. The molecule has 1 amide bonds. The summed E-state index contributed by atoms with van der Waals surface area (Å²) in [7, 11) is 4.07. The molecule has 1 aromatic rings. The zero-order valence-electron chi connectivity index (χ0n) is 13.8. The second-order valence-electron chi connectivity index (χ2n) is 5.85. The molecule has 0 aliphatic carbocycles. The fourth-order valence-corrected chi connectivity index (χ4v) is 2.87. The second kappa shape index (κ2) is 8.03. The van der Waals surface area contributed by atoms with Crippen molar-refractivity contribution in [1.29, 1.82) is 0 Å². The Morgan fingerprint density at radius 2 is 1.91 bits per heavy atom. The lowest BCUT2D eigenvalue weighted by atomic mass is 10.0. The van der Waals surface area contributed by atoms with Crippen molar-refractivity contribution in [2.24, 2.45) is 0 Å². The van der Waals surface area contributed by atoms with Gasteiger partial charge in [0.25, 0.3) is 0 Å². The Balaban J connectivity index is 2.07. The number of likely N-dealkylation sites (tertiary alicyclic amines) is 1. The Bertz CT molecular complexity index is 467. The lowest BCUT2D eigenvalue weighted by molar-refractivity contribution is 0.146. The normalized spacial score (nSPS) is 16.3. The van der Waals surface area contributed by atoms with Crippen LogP contribution in [0.2, 0.25) is 0 Å². The first-order valence-corrected chi connectivity index (χ1v) is 8.03. The standard InChI is InChI=1S/C17H27N3O2/c1-4-22-17(21)18-13-16(20-11-5-6-12-20)14-7-9-15(10-8-14)19(2)3/h7-10,16H,4-6,11-13H2,1-3H3,(H,18,21)/t16-/m1/s1. The summed E-state index contributed by atoms with van der Waals surface area (Å²) in [5.74, 6) is 0. The number of amides is 1. The van der Waals surface area contributed by atoms with Gasteiger partial charge in [-0.15, -0.1) is 0 Å². The molecule has 2 rings (SSSR count). The van der Waals surface area contributed by atoms with Crippen LogP contribution in [0.25, 0.3) is 0 Å². The number of benzene rings is 1. The van der Waals surface area contributed by atoms with E-state index in [-0.39, 0.29) is 12.1 Å². The van der Waals surface area contributed by atoms with Crippen molar-refractivity contribution in [1.82, 2.24) is 10.2 Å². The molecule has 5 heteroatoms. The highest BCUT2D eigenvalue weighted by Gasteiger charge is 2.24. The third-order valence-corrected chi connectivity index (χ3v) is 4.09. The smallest absolute Gasteiger partial charge is 0.407 e. The number of carbonyl (C=O) groups is 1.